The second-order valence-corrected chi connectivity index (χ2v) is 8.72. The van der Waals surface area contributed by atoms with Crippen LogP contribution in [0.5, 0.6) is 0 Å². The monoisotopic (exact) mass is 375 g/mol. The summed E-state index contributed by atoms with van der Waals surface area (Å²) in [6.45, 7) is 3.57. The lowest BCUT2D eigenvalue weighted by atomic mass is 9.94. The summed E-state index contributed by atoms with van der Waals surface area (Å²) < 4.78 is 0. The van der Waals surface area contributed by atoms with Gasteiger partial charge in [-0.15, -0.1) is 11.8 Å². The molecule has 1 heterocycles. The molecule has 1 saturated carbocycles. The normalized spacial score (nSPS) is 20.6. The highest BCUT2D eigenvalue weighted by molar-refractivity contribution is 8.00. The molecule has 0 radical (unpaired) electrons. The molecule has 1 atom stereocenters. The molecule has 2 aliphatic rings. The molecule has 6 heteroatoms. The van der Waals surface area contributed by atoms with E-state index in [1.54, 1.807) is 6.07 Å². The molecule has 1 aliphatic carbocycles. The van der Waals surface area contributed by atoms with E-state index < -0.39 is 0 Å². The molecule has 2 amide bonds. The van der Waals surface area contributed by atoms with Crippen LogP contribution in [0.25, 0.3) is 0 Å². The molecule has 3 rings (SSSR count). The van der Waals surface area contributed by atoms with E-state index in [2.05, 4.69) is 22.6 Å². The van der Waals surface area contributed by atoms with Gasteiger partial charge in [-0.2, -0.15) is 0 Å². The van der Waals surface area contributed by atoms with Crippen LogP contribution in [0.15, 0.2) is 23.1 Å². The van der Waals surface area contributed by atoms with Gasteiger partial charge in [0, 0.05) is 23.0 Å². The molecule has 1 aromatic carbocycles. The number of rotatable bonds is 6. The number of amides is 2. The van der Waals surface area contributed by atoms with E-state index >= 15 is 0 Å². The number of nitrogens with zero attached hydrogens (tertiary/aromatic N) is 1. The van der Waals surface area contributed by atoms with Crippen LogP contribution in [0.1, 0.15) is 55.8 Å². The van der Waals surface area contributed by atoms with Crippen molar-refractivity contribution in [2.24, 2.45) is 0 Å². The second kappa shape index (κ2) is 8.91. The maximum atomic E-state index is 12.4. The molecular formula is C20H29N3O2S. The lowest BCUT2D eigenvalue weighted by molar-refractivity contribution is -0.115. The Morgan fingerprint density at radius 2 is 2.08 bits per heavy atom. The summed E-state index contributed by atoms with van der Waals surface area (Å²) >= 11 is 1.53. The van der Waals surface area contributed by atoms with Crippen LogP contribution in [0, 0.1) is 0 Å². The summed E-state index contributed by atoms with van der Waals surface area (Å²) in [5.74, 6) is -0.0863. The van der Waals surface area contributed by atoms with Crippen molar-refractivity contribution in [3.63, 3.8) is 0 Å². The van der Waals surface area contributed by atoms with E-state index in [1.807, 2.05) is 19.1 Å². The highest BCUT2D eigenvalue weighted by Gasteiger charge is 2.23. The maximum Gasteiger partial charge on any atom is 0.251 e. The number of benzene rings is 1. The number of thioether (sulfide) groups is 1. The fraction of sp³-hybridized carbons (Fsp3) is 0.600. The maximum absolute atomic E-state index is 12.4. The van der Waals surface area contributed by atoms with Crippen LogP contribution in [-0.2, 0) is 4.79 Å². The summed E-state index contributed by atoms with van der Waals surface area (Å²) in [7, 11) is 2.20. The third-order valence-corrected chi connectivity index (χ3v) is 6.52. The summed E-state index contributed by atoms with van der Waals surface area (Å²) in [6.07, 6.45) is 7.63. The van der Waals surface area contributed by atoms with E-state index in [4.69, 9.17) is 0 Å². The fourth-order valence-corrected chi connectivity index (χ4v) is 4.62. The van der Waals surface area contributed by atoms with Gasteiger partial charge in [-0.3, -0.25) is 9.59 Å². The Kier molecular flexibility index (Phi) is 6.59. The van der Waals surface area contributed by atoms with Gasteiger partial charge in [0.15, 0.2) is 0 Å². The van der Waals surface area contributed by atoms with E-state index in [1.165, 1.54) is 43.9 Å². The molecule has 1 unspecified atom stereocenters. The molecule has 5 nitrogen and oxygen atoms in total. The predicted octanol–water partition coefficient (Wildman–Crippen LogP) is 3.50. The van der Waals surface area contributed by atoms with Gasteiger partial charge < -0.3 is 15.5 Å². The first-order valence-corrected chi connectivity index (χ1v) is 10.5. The van der Waals surface area contributed by atoms with Crippen molar-refractivity contribution >= 4 is 29.3 Å². The molecule has 0 aromatic heterocycles. The first kappa shape index (κ1) is 19.2. The molecule has 2 N–H and O–H groups in total. The van der Waals surface area contributed by atoms with Gasteiger partial charge >= 0.3 is 0 Å². The second-order valence-electron chi connectivity index (χ2n) is 7.34. The highest BCUT2D eigenvalue weighted by atomic mass is 32.2. The molecular weight excluding hydrogens is 346 g/mol. The first-order chi connectivity index (χ1) is 12.5. The Hall–Kier alpha value is -1.53. The summed E-state index contributed by atoms with van der Waals surface area (Å²) in [5, 5.41) is 5.78. The summed E-state index contributed by atoms with van der Waals surface area (Å²) in [5.41, 5.74) is 1.34. The Labute approximate surface area is 160 Å². The lowest BCUT2D eigenvalue weighted by Gasteiger charge is -2.31. The van der Waals surface area contributed by atoms with Crippen molar-refractivity contribution < 1.29 is 9.59 Å². The van der Waals surface area contributed by atoms with Gasteiger partial charge in [-0.05, 0) is 58.0 Å². The fourth-order valence-electron chi connectivity index (χ4n) is 3.69. The standard InChI is InChI=1S/C20H29N3O2S/c1-14-19(24)22-17-13-15(9-10-18(17)26-14)20(25)21-11-6-12-23(2)16-7-4-3-5-8-16/h9-10,13-14,16H,3-8,11-12H2,1-2H3,(H,21,25)(H,22,24). The smallest absolute Gasteiger partial charge is 0.251 e. The quantitative estimate of drug-likeness (QED) is 0.747. The first-order valence-electron chi connectivity index (χ1n) is 9.64. The topological polar surface area (TPSA) is 61.4 Å². The minimum Gasteiger partial charge on any atom is -0.352 e. The largest absolute Gasteiger partial charge is 0.352 e. The van der Waals surface area contributed by atoms with E-state index in [9.17, 15) is 9.59 Å². The molecule has 1 fully saturated rings. The molecule has 142 valence electrons. The minimum atomic E-state index is -0.0941. The molecule has 0 saturated heterocycles. The molecule has 0 spiro atoms. The van der Waals surface area contributed by atoms with Crippen molar-refractivity contribution in [3.05, 3.63) is 23.8 Å². The van der Waals surface area contributed by atoms with Crippen LogP contribution in [-0.4, -0.2) is 48.1 Å². The zero-order valence-corrected chi connectivity index (χ0v) is 16.5. The van der Waals surface area contributed by atoms with Crippen molar-refractivity contribution in [1.29, 1.82) is 0 Å². The van der Waals surface area contributed by atoms with Gasteiger partial charge in [0.1, 0.15) is 0 Å². The van der Waals surface area contributed by atoms with Gasteiger partial charge in [0.2, 0.25) is 5.91 Å². The molecule has 0 bridgehead atoms. The van der Waals surface area contributed by atoms with Crippen molar-refractivity contribution in [3.8, 4) is 0 Å². The van der Waals surface area contributed by atoms with Gasteiger partial charge in [0.05, 0.1) is 10.9 Å². The Morgan fingerprint density at radius 3 is 2.85 bits per heavy atom. The van der Waals surface area contributed by atoms with Crippen LogP contribution in [0.3, 0.4) is 0 Å². The van der Waals surface area contributed by atoms with Crippen LogP contribution < -0.4 is 10.6 Å². The van der Waals surface area contributed by atoms with Gasteiger partial charge in [-0.25, -0.2) is 0 Å². The molecule has 1 aromatic rings. The Morgan fingerprint density at radius 1 is 1.31 bits per heavy atom. The van der Waals surface area contributed by atoms with E-state index in [0.717, 1.165) is 23.5 Å². The SMILES string of the molecule is CC1Sc2ccc(C(=O)NCCCN(C)C3CCCCC3)cc2NC1=O. The van der Waals surface area contributed by atoms with Crippen LogP contribution >= 0.6 is 11.8 Å². The number of nitrogens with one attached hydrogen (secondary N) is 2. The number of anilines is 1. The molecule has 26 heavy (non-hydrogen) atoms. The summed E-state index contributed by atoms with van der Waals surface area (Å²) in [4.78, 5) is 27.6. The Balaban J connectivity index is 1.45. The highest BCUT2D eigenvalue weighted by Crippen LogP contribution is 2.35. The van der Waals surface area contributed by atoms with Crippen LogP contribution in [0.2, 0.25) is 0 Å². The van der Waals surface area contributed by atoms with Crippen molar-refractivity contribution in [2.75, 3.05) is 25.5 Å². The van der Waals surface area contributed by atoms with Gasteiger partial charge in [0.25, 0.3) is 5.91 Å². The average molecular weight is 376 g/mol. The van der Waals surface area contributed by atoms with Crippen LogP contribution in [0.4, 0.5) is 5.69 Å². The summed E-state index contributed by atoms with van der Waals surface area (Å²) in [6, 6.07) is 6.24. The molecule has 1 aliphatic heterocycles. The predicted molar refractivity (Wildman–Crippen MR) is 107 cm³/mol. The number of carbonyl (C=O) groups excluding carboxylic acids is 2. The zero-order chi connectivity index (χ0) is 18.5. The Bertz CT molecular complexity index is 658. The number of hydrogen-bond acceptors (Lipinski definition) is 4. The third kappa shape index (κ3) is 4.80. The van der Waals surface area contributed by atoms with E-state index in [-0.39, 0.29) is 17.1 Å². The number of fused-ring (bicyclic) bond motifs is 1. The number of carbonyl (C=O) groups is 2. The third-order valence-electron chi connectivity index (χ3n) is 5.34. The van der Waals surface area contributed by atoms with E-state index in [0.29, 0.717) is 18.2 Å². The minimum absolute atomic E-state index is 0.00851. The van der Waals surface area contributed by atoms with Crippen molar-refractivity contribution in [1.82, 2.24) is 10.2 Å². The number of hydrogen-bond donors (Lipinski definition) is 2. The van der Waals surface area contributed by atoms with Crippen molar-refractivity contribution in [2.45, 2.75) is 61.6 Å². The lowest BCUT2D eigenvalue weighted by Crippen LogP contribution is -2.35. The van der Waals surface area contributed by atoms with Gasteiger partial charge in [-0.1, -0.05) is 19.3 Å². The zero-order valence-electron chi connectivity index (χ0n) is 15.7. The average Bonchev–Trinajstić information content (AvgIpc) is 2.66.